The molecule has 1 aliphatic rings. The van der Waals surface area contributed by atoms with Gasteiger partial charge in [0.15, 0.2) is 17.1 Å². The normalized spacial score (nSPS) is 13.8. The Labute approximate surface area is 214 Å². The molecule has 194 valence electrons. The third-order valence-electron chi connectivity index (χ3n) is 6.60. The van der Waals surface area contributed by atoms with Gasteiger partial charge in [0.1, 0.15) is 11.6 Å². The van der Waals surface area contributed by atoms with Gasteiger partial charge >= 0.3 is 6.01 Å². The van der Waals surface area contributed by atoms with Crippen LogP contribution in [0.15, 0.2) is 28.7 Å². The molecule has 1 aromatic carbocycles. The number of aromatic nitrogens is 5. The van der Waals surface area contributed by atoms with Crippen molar-refractivity contribution in [3.05, 3.63) is 35.9 Å². The van der Waals surface area contributed by atoms with Crippen molar-refractivity contribution in [2.45, 2.75) is 20.8 Å². The number of aryl methyl sites for hydroxylation is 2. The van der Waals surface area contributed by atoms with Crippen molar-refractivity contribution in [1.82, 2.24) is 29.7 Å². The minimum Gasteiger partial charge on any atom is -0.493 e. The van der Waals surface area contributed by atoms with Crippen LogP contribution in [0, 0.1) is 13.8 Å². The van der Waals surface area contributed by atoms with Crippen molar-refractivity contribution in [3.8, 4) is 22.6 Å². The van der Waals surface area contributed by atoms with Crippen LogP contribution < -0.4 is 19.3 Å². The number of hydrogen-bond acceptors (Lipinski definition) is 10. The van der Waals surface area contributed by atoms with Crippen LogP contribution in [0.25, 0.3) is 16.8 Å². The number of amides is 1. The molecule has 0 radical (unpaired) electrons. The molecule has 0 spiro atoms. The number of ether oxygens (including phenoxy) is 2. The summed E-state index contributed by atoms with van der Waals surface area (Å²) in [6, 6.07) is 8.07. The predicted molar refractivity (Wildman–Crippen MR) is 138 cm³/mol. The van der Waals surface area contributed by atoms with Crippen LogP contribution in [0.2, 0.25) is 0 Å². The molecule has 3 aromatic heterocycles. The van der Waals surface area contributed by atoms with Crippen LogP contribution in [0.1, 0.15) is 18.5 Å². The van der Waals surface area contributed by atoms with Crippen LogP contribution >= 0.6 is 0 Å². The first kappa shape index (κ1) is 24.3. The second-order valence-electron chi connectivity index (χ2n) is 8.89. The van der Waals surface area contributed by atoms with Gasteiger partial charge in [-0.3, -0.25) is 9.69 Å². The van der Waals surface area contributed by atoms with Crippen molar-refractivity contribution >= 4 is 29.2 Å². The number of fused-ring (bicyclic) bond motifs is 1. The number of hydrogen-bond donors (Lipinski definition) is 0. The monoisotopic (exact) mass is 506 g/mol. The van der Waals surface area contributed by atoms with E-state index >= 15 is 0 Å². The Hall–Kier alpha value is -4.35. The summed E-state index contributed by atoms with van der Waals surface area (Å²) < 4.78 is 18.5. The summed E-state index contributed by atoms with van der Waals surface area (Å²) in [7, 11) is 5.08. The lowest BCUT2D eigenvalue weighted by Gasteiger charge is -2.35. The standard InChI is InChI=1S/C25H30N8O4/c1-15-23(18-7-8-19(35-5)20(13-18)36-6)24-26-21(32-11-9-31(10-12-32)17(3)34)14-22(33(24)29-15)30(4)25-28-27-16(2)37-25/h7-8,13-14H,9-12H2,1-6H3. The van der Waals surface area contributed by atoms with Gasteiger partial charge in [-0.05, 0) is 24.6 Å². The summed E-state index contributed by atoms with van der Waals surface area (Å²) in [6.45, 7) is 7.92. The molecular weight excluding hydrogens is 476 g/mol. The van der Waals surface area contributed by atoms with Gasteiger partial charge in [0, 0.05) is 58.7 Å². The van der Waals surface area contributed by atoms with Crippen LogP contribution in [0.5, 0.6) is 11.5 Å². The molecule has 5 rings (SSSR count). The first-order valence-corrected chi connectivity index (χ1v) is 12.0. The van der Waals surface area contributed by atoms with Crippen LogP contribution in [-0.2, 0) is 4.79 Å². The lowest BCUT2D eigenvalue weighted by atomic mass is 10.1. The summed E-state index contributed by atoms with van der Waals surface area (Å²) in [4.78, 5) is 22.7. The Bertz CT molecular complexity index is 1450. The fraction of sp³-hybridized carbons (Fsp3) is 0.400. The molecule has 0 N–H and O–H groups in total. The van der Waals surface area contributed by atoms with Gasteiger partial charge in [0.05, 0.1) is 19.9 Å². The van der Waals surface area contributed by atoms with E-state index < -0.39 is 0 Å². The topological polar surface area (TPSA) is 114 Å². The lowest BCUT2D eigenvalue weighted by Crippen LogP contribution is -2.48. The first-order chi connectivity index (χ1) is 17.8. The average Bonchev–Trinajstić information content (AvgIpc) is 3.49. The molecule has 0 aliphatic carbocycles. The van der Waals surface area contributed by atoms with Gasteiger partial charge in [0.2, 0.25) is 11.8 Å². The van der Waals surface area contributed by atoms with Crippen LogP contribution in [0.3, 0.4) is 0 Å². The number of carbonyl (C=O) groups is 1. The van der Waals surface area contributed by atoms with E-state index in [0.29, 0.717) is 61.0 Å². The maximum atomic E-state index is 11.9. The summed E-state index contributed by atoms with van der Waals surface area (Å²) in [6.07, 6.45) is 0. The molecule has 12 heteroatoms. The van der Waals surface area contributed by atoms with E-state index in [0.717, 1.165) is 22.6 Å². The van der Waals surface area contributed by atoms with Gasteiger partial charge in [-0.15, -0.1) is 5.10 Å². The highest BCUT2D eigenvalue weighted by Crippen LogP contribution is 2.37. The number of methoxy groups -OCH3 is 2. The molecule has 4 aromatic rings. The first-order valence-electron chi connectivity index (χ1n) is 12.0. The molecule has 0 unspecified atom stereocenters. The van der Waals surface area contributed by atoms with Gasteiger partial charge in [-0.25, -0.2) is 4.98 Å². The molecule has 1 amide bonds. The Morgan fingerprint density at radius 3 is 2.38 bits per heavy atom. The lowest BCUT2D eigenvalue weighted by molar-refractivity contribution is -0.129. The van der Waals surface area contributed by atoms with Crippen molar-refractivity contribution in [3.63, 3.8) is 0 Å². The highest BCUT2D eigenvalue weighted by Gasteiger charge is 2.26. The summed E-state index contributed by atoms with van der Waals surface area (Å²) >= 11 is 0. The molecule has 0 bridgehead atoms. The maximum Gasteiger partial charge on any atom is 0.323 e. The maximum absolute atomic E-state index is 11.9. The van der Waals surface area contributed by atoms with E-state index in [-0.39, 0.29) is 5.91 Å². The Kier molecular flexibility index (Phi) is 6.32. The minimum absolute atomic E-state index is 0.0809. The number of piperazine rings is 1. The van der Waals surface area contributed by atoms with Crippen molar-refractivity contribution in [2.24, 2.45) is 0 Å². The minimum atomic E-state index is 0.0809. The highest BCUT2D eigenvalue weighted by molar-refractivity contribution is 5.83. The zero-order chi connectivity index (χ0) is 26.3. The molecule has 0 saturated carbocycles. The van der Waals surface area contributed by atoms with Gasteiger partial charge in [-0.2, -0.15) is 9.61 Å². The second-order valence-corrected chi connectivity index (χ2v) is 8.89. The van der Waals surface area contributed by atoms with Crippen molar-refractivity contribution in [2.75, 3.05) is 57.2 Å². The van der Waals surface area contributed by atoms with E-state index in [1.54, 1.807) is 37.5 Å². The molecule has 4 heterocycles. The molecule has 1 saturated heterocycles. The number of benzene rings is 1. The molecular formula is C25H30N8O4. The number of carbonyl (C=O) groups excluding carboxylic acids is 1. The van der Waals surface area contributed by atoms with E-state index in [1.165, 1.54) is 0 Å². The zero-order valence-electron chi connectivity index (χ0n) is 21.8. The Balaban J connectivity index is 1.67. The number of nitrogens with zero attached hydrogens (tertiary/aromatic N) is 8. The quantitative estimate of drug-likeness (QED) is 0.387. The van der Waals surface area contributed by atoms with Crippen molar-refractivity contribution in [1.29, 1.82) is 0 Å². The smallest absolute Gasteiger partial charge is 0.323 e. The van der Waals surface area contributed by atoms with Crippen molar-refractivity contribution < 1.29 is 18.7 Å². The molecule has 1 fully saturated rings. The van der Waals surface area contributed by atoms with E-state index in [4.69, 9.17) is 24.0 Å². The SMILES string of the molecule is COc1ccc(-c2c(C)nn3c(N(C)c4nnc(C)o4)cc(N4CCN(C(C)=O)CC4)nc23)cc1OC. The Morgan fingerprint density at radius 2 is 1.76 bits per heavy atom. The van der Waals surface area contributed by atoms with Crippen LogP contribution in [0.4, 0.5) is 17.7 Å². The van der Waals surface area contributed by atoms with Gasteiger partial charge in [-0.1, -0.05) is 11.2 Å². The molecule has 37 heavy (non-hydrogen) atoms. The van der Waals surface area contributed by atoms with Gasteiger partial charge < -0.3 is 23.7 Å². The van der Waals surface area contributed by atoms with E-state index in [2.05, 4.69) is 15.1 Å². The second kappa shape index (κ2) is 9.60. The number of rotatable bonds is 6. The van der Waals surface area contributed by atoms with E-state index in [9.17, 15) is 4.79 Å². The summed E-state index contributed by atoms with van der Waals surface area (Å²) in [5.74, 6) is 3.30. The fourth-order valence-electron chi connectivity index (χ4n) is 4.60. The fourth-order valence-corrected chi connectivity index (χ4v) is 4.60. The molecule has 12 nitrogen and oxygen atoms in total. The van der Waals surface area contributed by atoms with Gasteiger partial charge in [0.25, 0.3) is 0 Å². The highest BCUT2D eigenvalue weighted by atomic mass is 16.5. The Morgan fingerprint density at radius 1 is 1.03 bits per heavy atom. The molecule has 0 atom stereocenters. The summed E-state index contributed by atoms with van der Waals surface area (Å²) in [5.41, 5.74) is 3.25. The van der Waals surface area contributed by atoms with E-state index in [1.807, 2.05) is 43.1 Å². The number of anilines is 3. The third-order valence-corrected chi connectivity index (χ3v) is 6.60. The average molecular weight is 507 g/mol. The largest absolute Gasteiger partial charge is 0.493 e. The summed E-state index contributed by atoms with van der Waals surface area (Å²) in [5, 5.41) is 13.0. The predicted octanol–water partition coefficient (Wildman–Crippen LogP) is 2.85. The molecule has 1 aliphatic heterocycles. The third kappa shape index (κ3) is 4.39. The zero-order valence-corrected chi connectivity index (χ0v) is 21.8. The van der Waals surface area contributed by atoms with Crippen LogP contribution in [-0.4, -0.2) is 83.0 Å².